The predicted octanol–water partition coefficient (Wildman–Crippen LogP) is 5.55. The molecule has 0 bridgehead atoms. The van der Waals surface area contributed by atoms with E-state index in [2.05, 4.69) is 15.9 Å². The summed E-state index contributed by atoms with van der Waals surface area (Å²) in [4.78, 5) is 12.6. The normalized spacial score (nSPS) is 11.8. The molecule has 0 saturated carbocycles. The minimum atomic E-state index is -0.903. The van der Waals surface area contributed by atoms with Crippen molar-refractivity contribution in [3.63, 3.8) is 0 Å². The molecule has 0 aliphatic rings. The molecule has 0 radical (unpaired) electrons. The van der Waals surface area contributed by atoms with Crippen molar-refractivity contribution in [2.24, 2.45) is 0 Å². The highest BCUT2D eigenvalue weighted by Gasteiger charge is 2.23. The Hall–Kier alpha value is -1.34. The van der Waals surface area contributed by atoms with E-state index in [1.807, 2.05) is 19.1 Å². The second-order valence-corrected chi connectivity index (χ2v) is 6.29. The van der Waals surface area contributed by atoms with Crippen LogP contribution in [-0.4, -0.2) is 5.78 Å². The number of rotatable bonds is 3. The van der Waals surface area contributed by atoms with Gasteiger partial charge in [-0.15, -0.1) is 0 Å². The molecule has 0 spiro atoms. The lowest BCUT2D eigenvalue weighted by atomic mass is 9.90. The monoisotopic (exact) mass is 381 g/mol. The Labute approximate surface area is 141 Å². The molecule has 0 aliphatic carbocycles. The maximum Gasteiger partial charge on any atom is 0.184 e. The van der Waals surface area contributed by atoms with Crippen molar-refractivity contribution in [2.75, 3.05) is 0 Å². The van der Waals surface area contributed by atoms with Crippen LogP contribution in [0, 0.1) is 18.3 Å². The highest BCUT2D eigenvalue weighted by atomic mass is 79.9. The molecule has 0 N–H and O–H groups in total. The van der Waals surface area contributed by atoms with Crippen LogP contribution < -0.4 is 0 Å². The number of aryl methyl sites for hydroxylation is 1. The first-order valence-electron chi connectivity index (χ1n) is 6.09. The Kier molecular flexibility index (Phi) is 5.05. The minimum absolute atomic E-state index is 0.249. The number of carbonyl (C=O) groups excluding carboxylic acids is 1. The average molecular weight is 383 g/mol. The third-order valence-electron chi connectivity index (χ3n) is 3.12. The zero-order chi connectivity index (χ0) is 15.6. The number of nitriles is 1. The quantitative estimate of drug-likeness (QED) is 0.652. The van der Waals surface area contributed by atoms with Crippen molar-refractivity contribution in [3.8, 4) is 6.07 Å². The van der Waals surface area contributed by atoms with Gasteiger partial charge in [0.25, 0.3) is 0 Å². The van der Waals surface area contributed by atoms with Gasteiger partial charge in [-0.3, -0.25) is 4.79 Å². The highest BCUT2D eigenvalue weighted by molar-refractivity contribution is 9.10. The van der Waals surface area contributed by atoms with Gasteiger partial charge in [0.2, 0.25) is 0 Å². The Morgan fingerprint density at radius 1 is 1.19 bits per heavy atom. The smallest absolute Gasteiger partial charge is 0.184 e. The van der Waals surface area contributed by atoms with Gasteiger partial charge in [-0.05, 0) is 48.4 Å². The number of ketones is 1. The Bertz CT molecular complexity index is 752. The van der Waals surface area contributed by atoms with E-state index >= 15 is 0 Å². The van der Waals surface area contributed by atoms with E-state index in [0.717, 1.165) is 10.0 Å². The third kappa shape index (κ3) is 3.47. The Morgan fingerprint density at radius 2 is 1.90 bits per heavy atom. The van der Waals surface area contributed by atoms with E-state index in [4.69, 9.17) is 23.2 Å². The van der Waals surface area contributed by atoms with Crippen LogP contribution in [0.1, 0.15) is 27.4 Å². The molecule has 5 heteroatoms. The van der Waals surface area contributed by atoms with Crippen LogP contribution in [-0.2, 0) is 0 Å². The summed E-state index contributed by atoms with van der Waals surface area (Å²) in [7, 11) is 0. The van der Waals surface area contributed by atoms with E-state index in [1.54, 1.807) is 30.3 Å². The molecule has 0 aliphatic heterocycles. The predicted molar refractivity (Wildman–Crippen MR) is 88.0 cm³/mol. The van der Waals surface area contributed by atoms with E-state index in [1.165, 1.54) is 0 Å². The van der Waals surface area contributed by atoms with Gasteiger partial charge >= 0.3 is 0 Å². The topological polar surface area (TPSA) is 40.9 Å². The van der Waals surface area contributed by atoms with Crippen LogP contribution in [0.2, 0.25) is 10.0 Å². The van der Waals surface area contributed by atoms with Crippen LogP contribution in [0.25, 0.3) is 0 Å². The first-order valence-corrected chi connectivity index (χ1v) is 7.64. The standard InChI is InChI=1S/C16H10BrCl2NO/c1-9-6-11(17)3-4-12(9)16(21)13(8-20)10-2-5-14(18)15(19)7-10/h2-7,13H,1H3. The number of carbonyl (C=O) groups is 1. The van der Waals surface area contributed by atoms with Gasteiger partial charge in [-0.1, -0.05) is 45.2 Å². The van der Waals surface area contributed by atoms with Gasteiger partial charge in [0.1, 0.15) is 5.92 Å². The summed E-state index contributed by atoms with van der Waals surface area (Å²) in [5.41, 5.74) is 1.88. The lowest BCUT2D eigenvalue weighted by Crippen LogP contribution is -2.12. The van der Waals surface area contributed by atoms with Crippen LogP contribution in [0.15, 0.2) is 40.9 Å². The number of hydrogen-bond donors (Lipinski definition) is 0. The zero-order valence-electron chi connectivity index (χ0n) is 11.0. The molecule has 0 saturated heterocycles. The molecule has 2 nitrogen and oxygen atoms in total. The Balaban J connectivity index is 2.43. The molecule has 2 aromatic carbocycles. The van der Waals surface area contributed by atoms with Crippen molar-refractivity contribution in [1.29, 1.82) is 5.26 Å². The van der Waals surface area contributed by atoms with Gasteiger partial charge in [-0.2, -0.15) is 5.26 Å². The fourth-order valence-corrected chi connectivity index (χ4v) is 2.82. The zero-order valence-corrected chi connectivity index (χ0v) is 14.1. The number of Topliss-reactive ketones (excluding diaryl/α,β-unsaturated/α-hetero) is 1. The molecule has 21 heavy (non-hydrogen) atoms. The fourth-order valence-electron chi connectivity index (χ4n) is 2.04. The molecule has 0 fully saturated rings. The van der Waals surface area contributed by atoms with Crippen molar-refractivity contribution >= 4 is 44.9 Å². The lowest BCUT2D eigenvalue weighted by molar-refractivity contribution is 0.0978. The molecule has 0 aromatic heterocycles. The van der Waals surface area contributed by atoms with E-state index in [-0.39, 0.29) is 5.78 Å². The largest absolute Gasteiger partial charge is 0.292 e. The van der Waals surface area contributed by atoms with Crippen molar-refractivity contribution < 1.29 is 4.79 Å². The summed E-state index contributed by atoms with van der Waals surface area (Å²) in [5.74, 6) is -1.15. The summed E-state index contributed by atoms with van der Waals surface area (Å²) in [5, 5.41) is 10.1. The van der Waals surface area contributed by atoms with E-state index in [9.17, 15) is 10.1 Å². The van der Waals surface area contributed by atoms with E-state index < -0.39 is 5.92 Å². The summed E-state index contributed by atoms with van der Waals surface area (Å²) in [6, 6.07) is 12.2. The summed E-state index contributed by atoms with van der Waals surface area (Å²) < 4.78 is 0.889. The first kappa shape index (κ1) is 16.0. The molecule has 0 heterocycles. The molecular formula is C16H10BrCl2NO. The number of nitrogens with zero attached hydrogens (tertiary/aromatic N) is 1. The minimum Gasteiger partial charge on any atom is -0.292 e. The Morgan fingerprint density at radius 3 is 2.48 bits per heavy atom. The highest BCUT2D eigenvalue weighted by Crippen LogP contribution is 2.29. The second kappa shape index (κ2) is 6.62. The molecule has 2 rings (SSSR count). The lowest BCUT2D eigenvalue weighted by Gasteiger charge is -2.12. The number of benzene rings is 2. The number of hydrogen-bond acceptors (Lipinski definition) is 2. The van der Waals surface area contributed by atoms with Crippen LogP contribution in [0.5, 0.6) is 0 Å². The van der Waals surface area contributed by atoms with Gasteiger partial charge in [0.15, 0.2) is 5.78 Å². The average Bonchev–Trinajstić information content (AvgIpc) is 2.43. The van der Waals surface area contributed by atoms with Gasteiger partial charge in [0, 0.05) is 10.0 Å². The van der Waals surface area contributed by atoms with Crippen LogP contribution in [0.3, 0.4) is 0 Å². The molecule has 0 amide bonds. The molecule has 2 aromatic rings. The summed E-state index contributed by atoms with van der Waals surface area (Å²) >= 11 is 15.2. The van der Waals surface area contributed by atoms with Crippen LogP contribution >= 0.6 is 39.1 Å². The number of halogens is 3. The third-order valence-corrected chi connectivity index (χ3v) is 4.35. The SMILES string of the molecule is Cc1cc(Br)ccc1C(=O)C(C#N)c1ccc(Cl)c(Cl)c1. The van der Waals surface area contributed by atoms with Gasteiger partial charge in [0.05, 0.1) is 16.1 Å². The van der Waals surface area contributed by atoms with Crippen molar-refractivity contribution in [1.82, 2.24) is 0 Å². The maximum atomic E-state index is 12.6. The molecule has 1 unspecified atom stereocenters. The summed E-state index contributed by atoms with van der Waals surface area (Å²) in [6.07, 6.45) is 0. The van der Waals surface area contributed by atoms with Gasteiger partial charge in [-0.25, -0.2) is 0 Å². The van der Waals surface area contributed by atoms with Crippen LogP contribution in [0.4, 0.5) is 0 Å². The van der Waals surface area contributed by atoms with Crippen molar-refractivity contribution in [3.05, 3.63) is 67.6 Å². The van der Waals surface area contributed by atoms with Gasteiger partial charge < -0.3 is 0 Å². The molecule has 1 atom stereocenters. The maximum absolute atomic E-state index is 12.6. The fraction of sp³-hybridized carbons (Fsp3) is 0.125. The van der Waals surface area contributed by atoms with E-state index in [0.29, 0.717) is 21.2 Å². The summed E-state index contributed by atoms with van der Waals surface area (Å²) in [6.45, 7) is 1.83. The van der Waals surface area contributed by atoms with Crippen molar-refractivity contribution in [2.45, 2.75) is 12.8 Å². The first-order chi connectivity index (χ1) is 9.93. The molecule has 106 valence electrons. The second-order valence-electron chi connectivity index (χ2n) is 4.56. The molecular weight excluding hydrogens is 373 g/mol.